The summed E-state index contributed by atoms with van der Waals surface area (Å²) in [6.45, 7) is 0.982. The van der Waals surface area contributed by atoms with E-state index in [2.05, 4.69) is 4.53 Å². The highest BCUT2D eigenvalue weighted by Crippen LogP contribution is 2.14. The molecule has 0 aliphatic rings. The Morgan fingerprint density at radius 3 is 2.20 bits per heavy atom. The summed E-state index contributed by atoms with van der Waals surface area (Å²) in [5, 5.41) is 7.44. The van der Waals surface area contributed by atoms with Crippen LogP contribution in [0.25, 0.3) is 0 Å². The maximum absolute atomic E-state index is 11.9. The van der Waals surface area contributed by atoms with Gasteiger partial charge in [0.25, 0.3) is 5.12 Å². The largest absolute Gasteiger partial charge is 0.299 e. The molecular formula is C9H9NO4S. The van der Waals surface area contributed by atoms with Gasteiger partial charge in [0, 0.05) is 6.92 Å². The van der Waals surface area contributed by atoms with Crippen molar-refractivity contribution in [1.29, 1.82) is 0 Å². The molecule has 1 aromatic carbocycles. The second kappa shape index (κ2) is 4.33. The van der Waals surface area contributed by atoms with Gasteiger partial charge >= 0.3 is 0 Å². The lowest BCUT2D eigenvalue weighted by atomic mass is 10.4. The van der Waals surface area contributed by atoms with Crippen molar-refractivity contribution in [3.05, 3.63) is 30.3 Å². The van der Waals surface area contributed by atoms with Crippen molar-refractivity contribution in [3.63, 3.8) is 0 Å². The molecule has 0 heterocycles. The van der Waals surface area contributed by atoms with E-state index in [9.17, 15) is 13.8 Å². The van der Waals surface area contributed by atoms with Crippen molar-refractivity contribution in [2.75, 3.05) is 0 Å². The highest BCUT2D eigenvalue weighted by molar-refractivity contribution is 8.09. The van der Waals surface area contributed by atoms with Crippen LogP contribution in [-0.4, -0.2) is 20.3 Å². The van der Waals surface area contributed by atoms with Crippen LogP contribution in [-0.2, 0) is 19.3 Å². The molecule has 0 radical (unpaired) electrons. The van der Waals surface area contributed by atoms with E-state index in [4.69, 9.17) is 5.21 Å². The molecule has 0 aliphatic carbocycles. The third-order valence-corrected chi connectivity index (χ3v) is 3.65. The van der Waals surface area contributed by atoms with Gasteiger partial charge in [-0.2, -0.15) is 0 Å². The van der Waals surface area contributed by atoms with Crippen molar-refractivity contribution < 1.29 is 19.0 Å². The predicted octanol–water partition coefficient (Wildman–Crippen LogP) is 1.02. The number of ketones is 1. The van der Waals surface area contributed by atoms with E-state index in [1.807, 2.05) is 0 Å². The molecule has 0 saturated heterocycles. The minimum atomic E-state index is -3.69. The summed E-state index contributed by atoms with van der Waals surface area (Å²) < 4.78 is 14.5. The van der Waals surface area contributed by atoms with Crippen molar-refractivity contribution >= 4 is 20.6 Å². The molecule has 0 aliphatic heterocycles. The third-order valence-electron chi connectivity index (χ3n) is 1.72. The van der Waals surface area contributed by atoms with Crippen molar-refractivity contribution in [1.82, 2.24) is 0 Å². The molecule has 0 fully saturated rings. The van der Waals surface area contributed by atoms with Crippen LogP contribution in [0.15, 0.2) is 39.8 Å². The Balaban J connectivity index is 3.39. The second-order valence-electron chi connectivity index (χ2n) is 2.76. The fraction of sp³-hybridized carbons (Fsp3) is 0.111. The first-order chi connectivity index (χ1) is 7.02. The van der Waals surface area contributed by atoms with Crippen LogP contribution in [0, 0.1) is 0 Å². The second-order valence-corrected chi connectivity index (χ2v) is 4.82. The smallest absolute Gasteiger partial charge is 0.290 e. The quantitative estimate of drug-likeness (QED) is 0.603. The first-order valence-corrected chi connectivity index (χ1v) is 5.54. The topological polar surface area (TPSA) is 83.8 Å². The first kappa shape index (κ1) is 11.5. The number of hydrogen-bond acceptors (Lipinski definition) is 4. The van der Waals surface area contributed by atoms with Crippen LogP contribution in [0.2, 0.25) is 0 Å². The van der Waals surface area contributed by atoms with Crippen molar-refractivity contribution in [2.24, 2.45) is 4.53 Å². The van der Waals surface area contributed by atoms with Crippen LogP contribution in [0.4, 0.5) is 0 Å². The number of rotatable bonds is 2. The summed E-state index contributed by atoms with van der Waals surface area (Å²) in [4.78, 5) is 22.2. The number of benzene rings is 1. The minimum absolute atomic E-state index is 0.0210. The monoisotopic (exact) mass is 227 g/mol. The van der Waals surface area contributed by atoms with E-state index in [0.29, 0.717) is 0 Å². The molecule has 0 bridgehead atoms. The Bertz CT molecular complexity index is 500. The van der Waals surface area contributed by atoms with Crippen LogP contribution in [0.1, 0.15) is 6.92 Å². The molecule has 1 N–H and O–H groups in total. The number of hydrogen-bond donors (Lipinski definition) is 1. The Morgan fingerprint density at radius 1 is 1.27 bits per heavy atom. The maximum Gasteiger partial charge on any atom is 0.299 e. The SMILES string of the molecule is CC(=O)C(=O)S(=O)(=NO)c1ccccc1. The summed E-state index contributed by atoms with van der Waals surface area (Å²) in [5.74, 6) is -0.901. The average molecular weight is 227 g/mol. The summed E-state index contributed by atoms with van der Waals surface area (Å²) in [6.07, 6.45) is 0. The molecule has 15 heavy (non-hydrogen) atoms. The van der Waals surface area contributed by atoms with Crippen LogP contribution >= 0.6 is 0 Å². The van der Waals surface area contributed by atoms with Gasteiger partial charge < -0.3 is 0 Å². The molecule has 0 amide bonds. The fourth-order valence-electron chi connectivity index (χ4n) is 0.991. The van der Waals surface area contributed by atoms with Gasteiger partial charge in [0.15, 0.2) is 9.73 Å². The van der Waals surface area contributed by atoms with Crippen molar-refractivity contribution in [3.8, 4) is 0 Å². The molecule has 0 aromatic heterocycles. The zero-order chi connectivity index (χ0) is 11.5. The molecule has 0 spiro atoms. The Kier molecular flexibility index (Phi) is 3.33. The Hall–Kier alpha value is -1.53. The van der Waals surface area contributed by atoms with Gasteiger partial charge in [0.2, 0.25) is 5.78 Å². The van der Waals surface area contributed by atoms with Crippen LogP contribution in [0.3, 0.4) is 0 Å². The van der Waals surface area contributed by atoms with Gasteiger partial charge in [-0.15, -0.1) is 0 Å². The summed E-state index contributed by atoms with van der Waals surface area (Å²) in [5.41, 5.74) is 0. The summed E-state index contributed by atoms with van der Waals surface area (Å²) in [6, 6.07) is 7.45. The lowest BCUT2D eigenvalue weighted by Crippen LogP contribution is -2.21. The molecule has 1 atom stereocenters. The molecule has 5 nitrogen and oxygen atoms in total. The zero-order valence-corrected chi connectivity index (χ0v) is 8.73. The van der Waals surface area contributed by atoms with Gasteiger partial charge in [-0.25, -0.2) is 4.21 Å². The average Bonchev–Trinajstić information content (AvgIpc) is 2.28. The molecule has 6 heteroatoms. The lowest BCUT2D eigenvalue weighted by molar-refractivity contribution is -0.130. The highest BCUT2D eigenvalue weighted by atomic mass is 32.2. The zero-order valence-electron chi connectivity index (χ0n) is 7.91. The number of Topliss-reactive ketones (excluding diaryl/α,β-unsaturated/α-hetero) is 1. The Morgan fingerprint density at radius 2 is 1.80 bits per heavy atom. The lowest BCUT2D eigenvalue weighted by Gasteiger charge is -2.03. The maximum atomic E-state index is 11.9. The van der Waals surface area contributed by atoms with E-state index < -0.39 is 20.6 Å². The first-order valence-electron chi connectivity index (χ1n) is 4.03. The van der Waals surface area contributed by atoms with E-state index >= 15 is 0 Å². The van der Waals surface area contributed by atoms with Gasteiger partial charge in [-0.3, -0.25) is 14.8 Å². The van der Waals surface area contributed by atoms with E-state index in [1.165, 1.54) is 24.3 Å². The van der Waals surface area contributed by atoms with Crippen molar-refractivity contribution in [2.45, 2.75) is 11.8 Å². The molecule has 1 aromatic rings. The van der Waals surface area contributed by atoms with E-state index in [1.54, 1.807) is 6.07 Å². The number of carbonyl (C=O) groups excluding carboxylic acids is 2. The molecule has 1 unspecified atom stereocenters. The predicted molar refractivity (Wildman–Crippen MR) is 52.8 cm³/mol. The Labute approximate surface area is 86.9 Å². The van der Waals surface area contributed by atoms with Crippen LogP contribution in [0.5, 0.6) is 0 Å². The van der Waals surface area contributed by atoms with E-state index in [0.717, 1.165) is 6.92 Å². The standard InChI is InChI=1S/C9H9NO4S/c1-7(11)9(12)15(14,10-13)8-5-3-2-4-6-8/h2-6,13H,1H3. The molecular weight excluding hydrogens is 218 g/mol. The molecule has 0 saturated carbocycles. The van der Waals surface area contributed by atoms with Gasteiger partial charge in [-0.1, -0.05) is 22.7 Å². The van der Waals surface area contributed by atoms with Gasteiger partial charge in [0.05, 0.1) is 4.90 Å². The molecule has 80 valence electrons. The fourth-order valence-corrected chi connectivity index (χ4v) is 2.29. The molecule has 1 rings (SSSR count). The number of carbonyl (C=O) groups is 2. The van der Waals surface area contributed by atoms with Crippen LogP contribution < -0.4 is 0 Å². The normalized spacial score (nSPS) is 14.0. The number of nitrogens with zero attached hydrogens (tertiary/aromatic N) is 1. The van der Waals surface area contributed by atoms with E-state index in [-0.39, 0.29) is 4.90 Å². The third kappa shape index (κ3) is 2.11. The highest BCUT2D eigenvalue weighted by Gasteiger charge is 2.26. The van der Waals surface area contributed by atoms with Gasteiger partial charge in [-0.05, 0) is 12.1 Å². The van der Waals surface area contributed by atoms with Gasteiger partial charge in [0.1, 0.15) is 0 Å². The summed E-state index contributed by atoms with van der Waals surface area (Å²) in [7, 11) is -3.69. The minimum Gasteiger partial charge on any atom is -0.290 e. The summed E-state index contributed by atoms with van der Waals surface area (Å²) >= 11 is 0.